The molecule has 1 saturated heterocycles. The van der Waals surface area contributed by atoms with Crippen molar-refractivity contribution in [3.8, 4) is 0 Å². The highest BCUT2D eigenvalue weighted by Crippen LogP contribution is 2.34. The number of aromatic nitrogens is 2. The molecule has 28 heavy (non-hydrogen) atoms. The molecule has 2 aromatic carbocycles. The fraction of sp³-hybridized carbons (Fsp3) is 0.364. The molecule has 1 amide bonds. The summed E-state index contributed by atoms with van der Waals surface area (Å²) in [6, 6.07) is 16.5. The Bertz CT molecular complexity index is 946. The van der Waals surface area contributed by atoms with Crippen LogP contribution in [0.5, 0.6) is 0 Å². The number of morpholine rings is 1. The largest absolute Gasteiger partial charge is 0.378 e. The first kappa shape index (κ1) is 18.5. The summed E-state index contributed by atoms with van der Waals surface area (Å²) in [5.41, 5.74) is 3.31. The minimum Gasteiger partial charge on any atom is -0.378 e. The number of nitrogens with zero attached hydrogens (tertiary/aromatic N) is 3. The molecule has 6 heteroatoms. The number of hydrogen-bond acceptors (Lipinski definition) is 4. The lowest BCUT2D eigenvalue weighted by Crippen LogP contribution is -2.36. The van der Waals surface area contributed by atoms with Crippen molar-refractivity contribution in [2.24, 2.45) is 0 Å². The lowest BCUT2D eigenvalue weighted by Gasteiger charge is -2.29. The SMILES string of the molecule is CCCC(=O)Nc1nn(Cc2ccccc2)c2cccc(N3CCOCC3)c12. The van der Waals surface area contributed by atoms with Crippen molar-refractivity contribution in [1.29, 1.82) is 0 Å². The van der Waals surface area contributed by atoms with Crippen LogP contribution in [0.3, 0.4) is 0 Å². The van der Waals surface area contributed by atoms with Crippen LogP contribution in [0.15, 0.2) is 48.5 Å². The molecule has 1 aliphatic heterocycles. The van der Waals surface area contributed by atoms with Crippen LogP contribution >= 0.6 is 0 Å². The summed E-state index contributed by atoms with van der Waals surface area (Å²) in [5.74, 6) is 0.650. The van der Waals surface area contributed by atoms with E-state index in [-0.39, 0.29) is 5.91 Å². The van der Waals surface area contributed by atoms with Gasteiger partial charge in [-0.1, -0.05) is 43.3 Å². The highest BCUT2D eigenvalue weighted by molar-refractivity contribution is 6.06. The molecule has 146 valence electrons. The van der Waals surface area contributed by atoms with E-state index in [9.17, 15) is 4.79 Å². The van der Waals surface area contributed by atoms with E-state index in [1.54, 1.807) is 0 Å². The van der Waals surface area contributed by atoms with Crippen LogP contribution < -0.4 is 10.2 Å². The predicted octanol–water partition coefficient (Wildman–Crippen LogP) is 3.66. The first-order valence-corrected chi connectivity index (χ1v) is 9.92. The molecular formula is C22H26N4O2. The maximum absolute atomic E-state index is 12.3. The van der Waals surface area contributed by atoms with Crippen molar-refractivity contribution in [1.82, 2.24) is 9.78 Å². The van der Waals surface area contributed by atoms with Gasteiger partial charge in [0.1, 0.15) is 0 Å². The molecule has 4 rings (SSSR count). The number of ether oxygens (including phenoxy) is 1. The smallest absolute Gasteiger partial charge is 0.225 e. The maximum Gasteiger partial charge on any atom is 0.225 e. The van der Waals surface area contributed by atoms with Gasteiger partial charge in [-0.25, -0.2) is 0 Å². The lowest BCUT2D eigenvalue weighted by molar-refractivity contribution is -0.116. The fourth-order valence-electron chi connectivity index (χ4n) is 3.66. The predicted molar refractivity (Wildman–Crippen MR) is 112 cm³/mol. The van der Waals surface area contributed by atoms with E-state index >= 15 is 0 Å². The van der Waals surface area contributed by atoms with E-state index in [1.165, 1.54) is 5.56 Å². The summed E-state index contributed by atoms with van der Waals surface area (Å²) in [5, 5.41) is 8.84. The number of hydrogen-bond donors (Lipinski definition) is 1. The molecular weight excluding hydrogens is 352 g/mol. The first-order chi connectivity index (χ1) is 13.8. The number of fused-ring (bicyclic) bond motifs is 1. The molecule has 0 aliphatic carbocycles. The van der Waals surface area contributed by atoms with E-state index in [4.69, 9.17) is 9.84 Å². The van der Waals surface area contributed by atoms with E-state index in [2.05, 4.69) is 40.5 Å². The van der Waals surface area contributed by atoms with E-state index in [0.717, 1.165) is 36.1 Å². The van der Waals surface area contributed by atoms with Crippen LogP contribution in [-0.4, -0.2) is 42.0 Å². The average Bonchev–Trinajstić information content (AvgIpc) is 3.07. The molecule has 1 aliphatic rings. The van der Waals surface area contributed by atoms with E-state index in [0.29, 0.717) is 32.0 Å². The minimum atomic E-state index is 0.00513. The monoisotopic (exact) mass is 378 g/mol. The highest BCUT2D eigenvalue weighted by Gasteiger charge is 2.21. The molecule has 1 fully saturated rings. The quantitative estimate of drug-likeness (QED) is 0.711. The summed E-state index contributed by atoms with van der Waals surface area (Å²) >= 11 is 0. The van der Waals surface area contributed by atoms with Crippen LogP contribution in [0.1, 0.15) is 25.3 Å². The van der Waals surface area contributed by atoms with E-state index in [1.807, 2.05) is 29.8 Å². The summed E-state index contributed by atoms with van der Waals surface area (Å²) in [4.78, 5) is 14.6. The van der Waals surface area contributed by atoms with Gasteiger partial charge in [-0.2, -0.15) is 5.10 Å². The van der Waals surface area contributed by atoms with Gasteiger partial charge in [-0.3, -0.25) is 9.48 Å². The molecule has 0 saturated carbocycles. The van der Waals surface area contributed by atoms with Crippen molar-refractivity contribution in [3.05, 3.63) is 54.1 Å². The highest BCUT2D eigenvalue weighted by atomic mass is 16.5. The Hall–Kier alpha value is -2.86. The van der Waals surface area contributed by atoms with Crippen molar-refractivity contribution >= 4 is 28.3 Å². The zero-order valence-corrected chi connectivity index (χ0v) is 16.2. The van der Waals surface area contributed by atoms with Crippen molar-refractivity contribution in [2.75, 3.05) is 36.5 Å². The van der Waals surface area contributed by atoms with Crippen molar-refractivity contribution < 1.29 is 9.53 Å². The van der Waals surface area contributed by atoms with Crippen LogP contribution in [0.2, 0.25) is 0 Å². The van der Waals surface area contributed by atoms with Crippen molar-refractivity contribution in [2.45, 2.75) is 26.3 Å². The van der Waals surface area contributed by atoms with Gasteiger partial charge in [-0.05, 0) is 24.1 Å². The molecule has 0 spiro atoms. The Balaban J connectivity index is 1.78. The van der Waals surface area contributed by atoms with Gasteiger partial charge in [0.2, 0.25) is 5.91 Å². The molecule has 0 atom stereocenters. The molecule has 1 aromatic heterocycles. The Morgan fingerprint density at radius 3 is 2.64 bits per heavy atom. The third-order valence-corrected chi connectivity index (χ3v) is 5.02. The maximum atomic E-state index is 12.3. The normalized spacial score (nSPS) is 14.4. The third kappa shape index (κ3) is 3.87. The zero-order chi connectivity index (χ0) is 19.3. The number of nitrogens with one attached hydrogen (secondary N) is 1. The average molecular weight is 378 g/mol. The number of carbonyl (C=O) groups excluding carboxylic acids is 1. The summed E-state index contributed by atoms with van der Waals surface area (Å²) in [7, 11) is 0. The number of benzene rings is 2. The number of anilines is 2. The second-order valence-corrected chi connectivity index (χ2v) is 7.06. The van der Waals surface area contributed by atoms with Gasteiger partial charge in [0.25, 0.3) is 0 Å². The molecule has 0 bridgehead atoms. The summed E-state index contributed by atoms with van der Waals surface area (Å²) in [6.07, 6.45) is 1.30. The fourth-order valence-corrected chi connectivity index (χ4v) is 3.66. The standard InChI is InChI=1S/C22H26N4O2/c1-2-7-20(27)23-22-21-18(25-12-14-28-15-13-25)10-6-11-19(21)26(24-22)16-17-8-4-3-5-9-17/h3-6,8-11H,2,7,12-16H2,1H3,(H,23,24,27). The second-order valence-electron chi connectivity index (χ2n) is 7.06. The van der Waals surface area contributed by atoms with Crippen LogP contribution in [0.4, 0.5) is 11.5 Å². The van der Waals surface area contributed by atoms with Gasteiger partial charge in [-0.15, -0.1) is 0 Å². The van der Waals surface area contributed by atoms with Crippen LogP contribution in [0, 0.1) is 0 Å². The second kappa shape index (κ2) is 8.44. The van der Waals surface area contributed by atoms with Gasteiger partial charge >= 0.3 is 0 Å². The van der Waals surface area contributed by atoms with Crippen molar-refractivity contribution in [3.63, 3.8) is 0 Å². The number of amides is 1. The minimum absolute atomic E-state index is 0.00513. The van der Waals surface area contributed by atoms with Gasteiger partial charge in [0, 0.05) is 19.5 Å². The summed E-state index contributed by atoms with van der Waals surface area (Å²) in [6.45, 7) is 5.77. The zero-order valence-electron chi connectivity index (χ0n) is 16.2. The first-order valence-electron chi connectivity index (χ1n) is 9.92. The molecule has 2 heterocycles. The molecule has 3 aromatic rings. The third-order valence-electron chi connectivity index (χ3n) is 5.02. The number of rotatable bonds is 6. The molecule has 1 N–H and O–H groups in total. The Labute approximate surface area is 165 Å². The van der Waals surface area contributed by atoms with Gasteiger partial charge in [0.15, 0.2) is 5.82 Å². The van der Waals surface area contributed by atoms with Gasteiger partial charge < -0.3 is 15.0 Å². The Kier molecular flexibility index (Phi) is 5.58. The molecule has 6 nitrogen and oxygen atoms in total. The topological polar surface area (TPSA) is 59.4 Å². The van der Waals surface area contributed by atoms with Crippen LogP contribution in [0.25, 0.3) is 10.9 Å². The molecule has 0 radical (unpaired) electrons. The van der Waals surface area contributed by atoms with Crippen LogP contribution in [-0.2, 0) is 16.1 Å². The number of carbonyl (C=O) groups is 1. The Morgan fingerprint density at radius 2 is 1.89 bits per heavy atom. The lowest BCUT2D eigenvalue weighted by atomic mass is 10.1. The van der Waals surface area contributed by atoms with Gasteiger partial charge in [0.05, 0.1) is 36.3 Å². The molecule has 0 unspecified atom stereocenters. The Morgan fingerprint density at radius 1 is 1.11 bits per heavy atom. The summed E-state index contributed by atoms with van der Waals surface area (Å²) < 4.78 is 7.49. The van der Waals surface area contributed by atoms with E-state index < -0.39 is 0 Å².